The standard InChI is InChI=1S/C26H18BrClN4OS/c1-15-24(21-14-31-26(29-21)34-25(30-31)16-6-4-3-5-7-16)19-12-23(33-2)20(27)13-22(19)32(15)18-10-8-17(28)9-11-18/h3-14H,1-2H3. The quantitative estimate of drug-likeness (QED) is 0.225. The molecule has 0 atom stereocenters. The van der Waals surface area contributed by atoms with E-state index in [-0.39, 0.29) is 0 Å². The number of halogens is 2. The molecule has 0 amide bonds. The van der Waals surface area contributed by atoms with Gasteiger partial charge < -0.3 is 9.30 Å². The van der Waals surface area contributed by atoms with Crippen LogP contribution in [-0.2, 0) is 0 Å². The van der Waals surface area contributed by atoms with Gasteiger partial charge in [-0.15, -0.1) is 0 Å². The molecule has 3 aromatic carbocycles. The number of rotatable bonds is 4. The van der Waals surface area contributed by atoms with Crippen molar-refractivity contribution in [3.05, 3.63) is 88.1 Å². The molecule has 6 aromatic rings. The van der Waals surface area contributed by atoms with Crippen molar-refractivity contribution in [2.75, 3.05) is 7.11 Å². The Morgan fingerprint density at radius 2 is 1.79 bits per heavy atom. The zero-order valence-electron chi connectivity index (χ0n) is 18.3. The monoisotopic (exact) mass is 548 g/mol. The van der Waals surface area contributed by atoms with E-state index in [1.807, 2.05) is 53.2 Å². The summed E-state index contributed by atoms with van der Waals surface area (Å²) in [7, 11) is 1.68. The molecular weight excluding hydrogens is 532 g/mol. The summed E-state index contributed by atoms with van der Waals surface area (Å²) in [6.07, 6.45) is 2.00. The lowest BCUT2D eigenvalue weighted by molar-refractivity contribution is 0.413. The van der Waals surface area contributed by atoms with Crippen LogP contribution in [-0.4, -0.2) is 26.3 Å². The Kier molecular flexibility index (Phi) is 5.21. The number of nitrogens with zero attached hydrogens (tertiary/aromatic N) is 4. The van der Waals surface area contributed by atoms with Gasteiger partial charge in [0.2, 0.25) is 4.96 Å². The van der Waals surface area contributed by atoms with Gasteiger partial charge in [-0.05, 0) is 59.3 Å². The highest BCUT2D eigenvalue weighted by molar-refractivity contribution is 9.10. The number of ether oxygens (including phenoxy) is 1. The molecule has 0 aliphatic carbocycles. The van der Waals surface area contributed by atoms with Crippen molar-refractivity contribution in [1.29, 1.82) is 0 Å². The first-order valence-corrected chi connectivity index (χ1v) is 12.6. The topological polar surface area (TPSA) is 44.4 Å². The van der Waals surface area contributed by atoms with Gasteiger partial charge in [0, 0.05) is 32.9 Å². The maximum absolute atomic E-state index is 6.16. The number of methoxy groups -OCH3 is 1. The highest BCUT2D eigenvalue weighted by Crippen LogP contribution is 2.41. The SMILES string of the molecule is COc1cc2c(-c3cn4nc(-c5ccccc5)sc4n3)c(C)n(-c3ccc(Cl)cc3)c2cc1Br. The van der Waals surface area contributed by atoms with Crippen LogP contribution < -0.4 is 4.74 Å². The predicted molar refractivity (Wildman–Crippen MR) is 143 cm³/mol. The molecular formula is C26H18BrClN4OS. The molecule has 0 bridgehead atoms. The van der Waals surface area contributed by atoms with Gasteiger partial charge in [0.1, 0.15) is 10.8 Å². The van der Waals surface area contributed by atoms with Crippen molar-refractivity contribution in [3.8, 4) is 33.3 Å². The summed E-state index contributed by atoms with van der Waals surface area (Å²) in [5, 5.41) is 7.49. The second-order valence-corrected chi connectivity index (χ2v) is 10.1. The van der Waals surface area contributed by atoms with E-state index in [1.165, 1.54) is 0 Å². The summed E-state index contributed by atoms with van der Waals surface area (Å²) in [6, 6.07) is 22.2. The van der Waals surface area contributed by atoms with E-state index in [9.17, 15) is 0 Å². The Balaban J connectivity index is 1.57. The van der Waals surface area contributed by atoms with Gasteiger partial charge in [0.25, 0.3) is 0 Å². The van der Waals surface area contributed by atoms with E-state index in [1.54, 1.807) is 18.4 Å². The van der Waals surface area contributed by atoms with E-state index in [0.717, 1.165) is 59.3 Å². The number of hydrogen-bond acceptors (Lipinski definition) is 4. The first-order valence-electron chi connectivity index (χ1n) is 10.6. The minimum absolute atomic E-state index is 0.704. The Hall–Kier alpha value is -3.13. The summed E-state index contributed by atoms with van der Waals surface area (Å²) in [4.78, 5) is 5.82. The summed E-state index contributed by atoms with van der Waals surface area (Å²) < 4.78 is 10.6. The number of imidazole rings is 1. The van der Waals surface area contributed by atoms with Gasteiger partial charge in [-0.2, -0.15) is 5.10 Å². The van der Waals surface area contributed by atoms with Crippen LogP contribution in [0, 0.1) is 6.92 Å². The van der Waals surface area contributed by atoms with Gasteiger partial charge in [-0.25, -0.2) is 9.50 Å². The zero-order valence-corrected chi connectivity index (χ0v) is 21.4. The van der Waals surface area contributed by atoms with Crippen LogP contribution in [0.25, 0.3) is 43.4 Å². The minimum atomic E-state index is 0.704. The van der Waals surface area contributed by atoms with E-state index in [2.05, 4.69) is 51.7 Å². The molecule has 6 rings (SSSR count). The summed E-state index contributed by atoms with van der Waals surface area (Å²) >= 11 is 11.4. The smallest absolute Gasteiger partial charge is 0.213 e. The summed E-state index contributed by atoms with van der Waals surface area (Å²) in [5.41, 5.74) is 6.17. The van der Waals surface area contributed by atoms with Crippen LogP contribution in [0.5, 0.6) is 5.75 Å². The Morgan fingerprint density at radius 1 is 1.03 bits per heavy atom. The molecule has 3 aromatic heterocycles. The van der Waals surface area contributed by atoms with E-state index >= 15 is 0 Å². The second-order valence-electron chi connectivity index (χ2n) is 7.90. The minimum Gasteiger partial charge on any atom is -0.496 e. The van der Waals surface area contributed by atoms with Crippen molar-refractivity contribution in [3.63, 3.8) is 0 Å². The molecule has 0 unspecified atom stereocenters. The molecule has 0 aliphatic heterocycles. The third-order valence-electron chi connectivity index (χ3n) is 5.88. The third kappa shape index (κ3) is 3.43. The van der Waals surface area contributed by atoms with E-state index in [0.29, 0.717) is 5.02 Å². The van der Waals surface area contributed by atoms with Crippen LogP contribution in [0.2, 0.25) is 5.02 Å². The number of hydrogen-bond donors (Lipinski definition) is 0. The van der Waals surface area contributed by atoms with Crippen LogP contribution >= 0.6 is 38.9 Å². The van der Waals surface area contributed by atoms with Crippen molar-refractivity contribution >= 4 is 54.7 Å². The number of fused-ring (bicyclic) bond motifs is 2. The van der Waals surface area contributed by atoms with Crippen LogP contribution in [0.4, 0.5) is 0 Å². The average molecular weight is 550 g/mol. The van der Waals surface area contributed by atoms with Crippen molar-refractivity contribution in [2.45, 2.75) is 6.92 Å². The summed E-state index contributed by atoms with van der Waals surface area (Å²) in [6.45, 7) is 2.11. The predicted octanol–water partition coefficient (Wildman–Crippen LogP) is 7.80. The largest absolute Gasteiger partial charge is 0.496 e. The highest BCUT2D eigenvalue weighted by Gasteiger charge is 2.22. The van der Waals surface area contributed by atoms with Crippen molar-refractivity contribution in [2.24, 2.45) is 0 Å². The molecule has 0 spiro atoms. The third-order valence-corrected chi connectivity index (χ3v) is 7.73. The molecule has 0 saturated carbocycles. The maximum Gasteiger partial charge on any atom is 0.213 e. The molecule has 0 fully saturated rings. The van der Waals surface area contributed by atoms with Crippen molar-refractivity contribution < 1.29 is 4.74 Å². The number of benzene rings is 3. The highest BCUT2D eigenvalue weighted by atomic mass is 79.9. The lowest BCUT2D eigenvalue weighted by atomic mass is 10.1. The summed E-state index contributed by atoms with van der Waals surface area (Å²) in [5.74, 6) is 0.771. The first-order chi connectivity index (χ1) is 16.5. The lowest BCUT2D eigenvalue weighted by Gasteiger charge is -2.10. The van der Waals surface area contributed by atoms with Gasteiger partial charge in [0.15, 0.2) is 0 Å². The molecule has 0 saturated heterocycles. The fourth-order valence-corrected chi connectivity index (χ4v) is 5.84. The Morgan fingerprint density at radius 3 is 2.50 bits per heavy atom. The molecule has 8 heteroatoms. The Labute approximate surface area is 213 Å². The zero-order chi connectivity index (χ0) is 23.4. The van der Waals surface area contributed by atoms with Gasteiger partial charge in [-0.1, -0.05) is 53.3 Å². The van der Waals surface area contributed by atoms with Gasteiger partial charge in [0.05, 0.1) is 29.0 Å². The molecule has 5 nitrogen and oxygen atoms in total. The molecule has 3 heterocycles. The van der Waals surface area contributed by atoms with Crippen LogP contribution in [0.1, 0.15) is 5.69 Å². The first kappa shape index (κ1) is 21.4. The molecule has 0 radical (unpaired) electrons. The van der Waals surface area contributed by atoms with Gasteiger partial charge in [-0.3, -0.25) is 0 Å². The normalized spacial score (nSPS) is 11.5. The molecule has 168 valence electrons. The number of aromatic nitrogens is 4. The molecule has 34 heavy (non-hydrogen) atoms. The van der Waals surface area contributed by atoms with Crippen LogP contribution in [0.3, 0.4) is 0 Å². The fraction of sp³-hybridized carbons (Fsp3) is 0.0769. The molecule has 0 N–H and O–H groups in total. The van der Waals surface area contributed by atoms with E-state index in [4.69, 9.17) is 26.4 Å². The lowest BCUT2D eigenvalue weighted by Crippen LogP contribution is -1.96. The van der Waals surface area contributed by atoms with Crippen LogP contribution in [0.15, 0.2) is 77.4 Å². The molecule has 0 aliphatic rings. The Bertz CT molecular complexity index is 1640. The second kappa shape index (κ2) is 8.27. The van der Waals surface area contributed by atoms with E-state index < -0.39 is 0 Å². The average Bonchev–Trinajstić information content (AvgIpc) is 3.49. The maximum atomic E-state index is 6.16. The van der Waals surface area contributed by atoms with Crippen molar-refractivity contribution in [1.82, 2.24) is 19.2 Å². The fourth-order valence-electron chi connectivity index (χ4n) is 4.34. The van der Waals surface area contributed by atoms with Gasteiger partial charge >= 0.3 is 0 Å².